The lowest BCUT2D eigenvalue weighted by Crippen LogP contribution is -2.46. The smallest absolute Gasteiger partial charge is 0.323 e. The number of carbonyl (C=O) groups is 2. The lowest BCUT2D eigenvalue weighted by molar-refractivity contribution is -0.117. The molecule has 0 spiro atoms. The molecular formula is C11H18ClN3O2. The highest BCUT2D eigenvalue weighted by Gasteiger charge is 2.36. The van der Waals surface area contributed by atoms with Crippen LogP contribution in [-0.2, 0) is 4.79 Å². The minimum absolute atomic E-state index is 0.175. The van der Waals surface area contributed by atoms with Gasteiger partial charge in [-0.2, -0.15) is 0 Å². The summed E-state index contributed by atoms with van der Waals surface area (Å²) >= 11 is 5.36. The standard InChI is InChI=1S/C11H18ClN3O2/c1-14-8-2-3-9(14)7-15(5-4-8)11(17)13-10(16)6-12/h8-9H,2-7H2,1H3,(H,13,16,17). The van der Waals surface area contributed by atoms with Crippen LogP contribution in [0.2, 0.25) is 0 Å². The fraction of sp³-hybridized carbons (Fsp3) is 0.818. The van der Waals surface area contributed by atoms with Crippen molar-refractivity contribution in [3.63, 3.8) is 0 Å². The van der Waals surface area contributed by atoms with Gasteiger partial charge < -0.3 is 4.90 Å². The highest BCUT2D eigenvalue weighted by atomic mass is 35.5. The first kappa shape index (κ1) is 12.6. The number of amides is 3. The molecule has 96 valence electrons. The van der Waals surface area contributed by atoms with Crippen molar-refractivity contribution in [2.24, 2.45) is 0 Å². The molecule has 2 heterocycles. The average molecular weight is 260 g/mol. The fourth-order valence-electron chi connectivity index (χ4n) is 2.72. The zero-order valence-corrected chi connectivity index (χ0v) is 10.7. The van der Waals surface area contributed by atoms with Gasteiger partial charge in [0.25, 0.3) is 0 Å². The number of imide groups is 1. The molecule has 6 heteroatoms. The topological polar surface area (TPSA) is 52.6 Å². The Kier molecular flexibility index (Phi) is 3.89. The van der Waals surface area contributed by atoms with Crippen molar-refractivity contribution >= 4 is 23.5 Å². The molecule has 2 aliphatic rings. The van der Waals surface area contributed by atoms with E-state index in [9.17, 15) is 9.59 Å². The minimum atomic E-state index is -0.431. The van der Waals surface area contributed by atoms with Gasteiger partial charge in [0.15, 0.2) is 0 Å². The minimum Gasteiger partial charge on any atom is -0.323 e. The van der Waals surface area contributed by atoms with Crippen molar-refractivity contribution in [3.05, 3.63) is 0 Å². The number of urea groups is 1. The second-order valence-corrected chi connectivity index (χ2v) is 5.04. The summed E-state index contributed by atoms with van der Waals surface area (Å²) in [6.07, 6.45) is 3.33. The van der Waals surface area contributed by atoms with Crippen molar-refractivity contribution in [1.82, 2.24) is 15.1 Å². The zero-order chi connectivity index (χ0) is 12.4. The number of halogens is 1. The molecule has 2 aliphatic heterocycles. The number of hydrogen-bond acceptors (Lipinski definition) is 3. The first-order valence-electron chi connectivity index (χ1n) is 5.98. The second-order valence-electron chi connectivity index (χ2n) is 4.77. The molecule has 0 aromatic heterocycles. The van der Waals surface area contributed by atoms with Gasteiger partial charge in [0, 0.05) is 25.2 Å². The van der Waals surface area contributed by atoms with Crippen LogP contribution >= 0.6 is 11.6 Å². The normalized spacial score (nSPS) is 28.9. The molecule has 0 aliphatic carbocycles. The predicted octanol–water partition coefficient (Wildman–Crippen LogP) is 0.630. The SMILES string of the molecule is CN1C2CCC1CN(C(=O)NC(=O)CCl)CC2. The van der Waals surface area contributed by atoms with Crippen molar-refractivity contribution in [3.8, 4) is 0 Å². The molecule has 0 aromatic carbocycles. The van der Waals surface area contributed by atoms with E-state index in [2.05, 4.69) is 17.3 Å². The van der Waals surface area contributed by atoms with Crippen LogP contribution in [0.3, 0.4) is 0 Å². The number of rotatable bonds is 1. The lowest BCUT2D eigenvalue weighted by Gasteiger charge is -2.25. The van der Waals surface area contributed by atoms with E-state index in [1.165, 1.54) is 6.42 Å². The highest BCUT2D eigenvalue weighted by molar-refractivity contribution is 6.28. The molecule has 2 saturated heterocycles. The van der Waals surface area contributed by atoms with Crippen molar-refractivity contribution in [2.75, 3.05) is 26.0 Å². The number of likely N-dealkylation sites (tertiary alicyclic amines) is 1. The van der Waals surface area contributed by atoms with E-state index in [4.69, 9.17) is 11.6 Å². The van der Waals surface area contributed by atoms with Gasteiger partial charge in [0.05, 0.1) is 0 Å². The number of hydrogen-bond donors (Lipinski definition) is 1. The van der Waals surface area contributed by atoms with Crippen molar-refractivity contribution in [2.45, 2.75) is 31.3 Å². The van der Waals surface area contributed by atoms with E-state index in [0.29, 0.717) is 25.2 Å². The quantitative estimate of drug-likeness (QED) is 0.703. The van der Waals surface area contributed by atoms with Gasteiger partial charge in [-0.1, -0.05) is 0 Å². The summed E-state index contributed by atoms with van der Waals surface area (Å²) < 4.78 is 0. The molecule has 0 saturated carbocycles. The third-order valence-electron chi connectivity index (χ3n) is 3.80. The predicted molar refractivity (Wildman–Crippen MR) is 65.0 cm³/mol. The van der Waals surface area contributed by atoms with Crippen LogP contribution in [0.4, 0.5) is 4.79 Å². The summed E-state index contributed by atoms with van der Waals surface area (Å²) in [5.41, 5.74) is 0. The van der Waals surface area contributed by atoms with Crippen LogP contribution in [0.5, 0.6) is 0 Å². The molecule has 3 amide bonds. The van der Waals surface area contributed by atoms with Crippen LogP contribution in [0, 0.1) is 0 Å². The van der Waals surface area contributed by atoms with Crippen LogP contribution in [0.1, 0.15) is 19.3 Å². The summed E-state index contributed by atoms with van der Waals surface area (Å²) in [6, 6.07) is 0.706. The molecule has 0 radical (unpaired) electrons. The summed E-state index contributed by atoms with van der Waals surface area (Å²) in [7, 11) is 2.12. The number of fused-ring (bicyclic) bond motifs is 2. The van der Waals surface area contributed by atoms with Crippen LogP contribution < -0.4 is 5.32 Å². The van der Waals surface area contributed by atoms with Crippen LogP contribution in [-0.4, -0.2) is 59.8 Å². The zero-order valence-electron chi connectivity index (χ0n) is 9.99. The Morgan fingerprint density at radius 2 is 2.00 bits per heavy atom. The van der Waals surface area contributed by atoms with Gasteiger partial charge in [-0.3, -0.25) is 15.0 Å². The molecular weight excluding hydrogens is 242 g/mol. The molecule has 0 aromatic rings. The maximum absolute atomic E-state index is 11.8. The largest absolute Gasteiger partial charge is 0.324 e. The Bertz CT molecular complexity index is 324. The van der Waals surface area contributed by atoms with Crippen molar-refractivity contribution in [1.29, 1.82) is 0 Å². The summed E-state index contributed by atoms with van der Waals surface area (Å²) in [4.78, 5) is 27.0. The maximum Gasteiger partial charge on any atom is 0.324 e. The van der Waals surface area contributed by atoms with E-state index in [1.807, 2.05) is 0 Å². The molecule has 2 rings (SSSR count). The van der Waals surface area contributed by atoms with Gasteiger partial charge >= 0.3 is 6.03 Å². The number of carbonyl (C=O) groups excluding carboxylic acids is 2. The number of nitrogens with zero attached hydrogens (tertiary/aromatic N) is 2. The Labute approximate surface area is 106 Å². The second kappa shape index (κ2) is 5.23. The van der Waals surface area contributed by atoms with Gasteiger partial charge in [-0.05, 0) is 26.3 Å². The van der Waals surface area contributed by atoms with Crippen molar-refractivity contribution < 1.29 is 9.59 Å². The summed E-state index contributed by atoms with van der Waals surface area (Å²) in [6.45, 7) is 1.42. The third kappa shape index (κ3) is 2.72. The lowest BCUT2D eigenvalue weighted by atomic mass is 10.1. The molecule has 2 fully saturated rings. The summed E-state index contributed by atoms with van der Waals surface area (Å²) in [5, 5.41) is 2.30. The van der Waals surface area contributed by atoms with Gasteiger partial charge in [-0.15, -0.1) is 11.6 Å². The fourth-order valence-corrected chi connectivity index (χ4v) is 2.79. The number of alkyl halides is 1. The molecule has 2 bridgehead atoms. The first-order valence-corrected chi connectivity index (χ1v) is 6.52. The van der Waals surface area contributed by atoms with Crippen LogP contribution in [0.15, 0.2) is 0 Å². The first-order chi connectivity index (χ1) is 8.11. The van der Waals surface area contributed by atoms with E-state index in [-0.39, 0.29) is 11.9 Å². The number of nitrogens with one attached hydrogen (secondary N) is 1. The Hall–Kier alpha value is -0.810. The maximum atomic E-state index is 11.8. The van der Waals surface area contributed by atoms with Crippen LogP contribution in [0.25, 0.3) is 0 Å². The van der Waals surface area contributed by atoms with Gasteiger partial charge in [0.2, 0.25) is 5.91 Å². The molecule has 2 atom stereocenters. The monoisotopic (exact) mass is 259 g/mol. The summed E-state index contributed by atoms with van der Waals surface area (Å²) in [5.74, 6) is -0.606. The molecule has 5 nitrogen and oxygen atoms in total. The number of likely N-dealkylation sites (N-methyl/N-ethyl adjacent to an activating group) is 1. The Morgan fingerprint density at radius 3 is 2.71 bits per heavy atom. The van der Waals surface area contributed by atoms with Gasteiger partial charge in [-0.25, -0.2) is 4.79 Å². The Morgan fingerprint density at radius 1 is 1.29 bits per heavy atom. The molecule has 1 N–H and O–H groups in total. The van der Waals surface area contributed by atoms with Gasteiger partial charge in [0.1, 0.15) is 5.88 Å². The third-order valence-corrected chi connectivity index (χ3v) is 4.05. The van der Waals surface area contributed by atoms with E-state index in [1.54, 1.807) is 4.90 Å². The van der Waals surface area contributed by atoms with E-state index in [0.717, 1.165) is 12.8 Å². The molecule has 2 unspecified atom stereocenters. The Balaban J connectivity index is 1.94. The van der Waals surface area contributed by atoms with E-state index >= 15 is 0 Å². The van der Waals surface area contributed by atoms with E-state index < -0.39 is 5.91 Å². The highest BCUT2D eigenvalue weighted by Crippen LogP contribution is 2.28. The molecule has 17 heavy (non-hydrogen) atoms. The average Bonchev–Trinajstić information content (AvgIpc) is 2.52.